The lowest BCUT2D eigenvalue weighted by Gasteiger charge is -2.13. The van der Waals surface area contributed by atoms with Crippen molar-refractivity contribution in [3.63, 3.8) is 0 Å². The normalized spacial score (nSPS) is 11.2. The van der Waals surface area contributed by atoms with E-state index in [4.69, 9.17) is 0 Å². The molecule has 0 unspecified atom stereocenters. The fraction of sp³-hybridized carbons (Fsp3) is 0.0690. The molecule has 152 valence electrons. The number of anilines is 1. The predicted octanol–water partition coefficient (Wildman–Crippen LogP) is 6.15. The summed E-state index contributed by atoms with van der Waals surface area (Å²) in [4.78, 5) is 2.11. The molecule has 1 heterocycles. The highest BCUT2D eigenvalue weighted by Crippen LogP contribution is 2.26. The second kappa shape index (κ2) is 9.27. The van der Waals surface area contributed by atoms with E-state index in [1.807, 2.05) is 18.2 Å². The Labute approximate surface area is 185 Å². The van der Waals surface area contributed by atoms with Crippen molar-refractivity contribution in [1.82, 2.24) is 0 Å². The smallest absolute Gasteiger partial charge is 0.210 e. The van der Waals surface area contributed by atoms with E-state index in [-0.39, 0.29) is 0 Å². The van der Waals surface area contributed by atoms with Crippen molar-refractivity contribution < 1.29 is 4.57 Å². The van der Waals surface area contributed by atoms with Crippen LogP contribution < -0.4 is 9.47 Å². The molecule has 0 radical (unpaired) electrons. The molecule has 4 rings (SSSR count). The summed E-state index contributed by atoms with van der Waals surface area (Å²) in [5, 5.41) is 0. The van der Waals surface area contributed by atoms with E-state index in [9.17, 15) is 0 Å². The largest absolute Gasteiger partial charge is 0.378 e. The number of hydrogen-bond acceptors (Lipinski definition) is 1. The van der Waals surface area contributed by atoms with Gasteiger partial charge >= 0.3 is 0 Å². The molecule has 0 atom stereocenters. The Morgan fingerprint density at radius 2 is 1.19 bits per heavy atom. The fourth-order valence-electron chi connectivity index (χ4n) is 3.55. The molecule has 1 aromatic heterocycles. The molecule has 31 heavy (non-hydrogen) atoms. The van der Waals surface area contributed by atoms with Crippen LogP contribution in [0.2, 0.25) is 0 Å². The zero-order valence-corrected chi connectivity index (χ0v) is 18.1. The molecule has 0 aliphatic heterocycles. The minimum absolute atomic E-state index is 0.955. The summed E-state index contributed by atoms with van der Waals surface area (Å²) >= 11 is 0. The van der Waals surface area contributed by atoms with Gasteiger partial charge in [0.15, 0.2) is 12.4 Å². The van der Waals surface area contributed by atoms with Gasteiger partial charge in [-0.25, -0.2) is 0 Å². The van der Waals surface area contributed by atoms with E-state index in [1.165, 1.54) is 28.0 Å². The van der Waals surface area contributed by atoms with Crippen molar-refractivity contribution in [3.05, 3.63) is 138 Å². The van der Waals surface area contributed by atoms with E-state index in [0.717, 1.165) is 11.3 Å². The summed E-state index contributed by atoms with van der Waals surface area (Å²) in [5.41, 5.74) is 7.99. The highest BCUT2D eigenvalue weighted by molar-refractivity contribution is 5.91. The van der Waals surface area contributed by atoms with E-state index in [1.54, 1.807) is 0 Å². The van der Waals surface area contributed by atoms with E-state index >= 15 is 0 Å². The summed E-state index contributed by atoms with van der Waals surface area (Å²) in [6.07, 6.45) is 6.41. The van der Waals surface area contributed by atoms with Crippen LogP contribution in [0.4, 0.5) is 5.69 Å². The number of pyridine rings is 1. The summed E-state index contributed by atoms with van der Waals surface area (Å²) in [6, 6.07) is 33.7. The monoisotopic (exact) mass is 403 g/mol. The van der Waals surface area contributed by atoms with Gasteiger partial charge in [-0.3, -0.25) is 0 Å². The Kier molecular flexibility index (Phi) is 6.09. The van der Waals surface area contributed by atoms with E-state index < -0.39 is 0 Å². The van der Waals surface area contributed by atoms with Crippen molar-refractivity contribution in [2.24, 2.45) is 0 Å². The zero-order chi connectivity index (χ0) is 21.6. The maximum atomic E-state index is 4.26. The first kappa shape index (κ1) is 20.4. The third-order valence-corrected chi connectivity index (χ3v) is 5.36. The Morgan fingerprint density at radius 1 is 0.677 bits per heavy atom. The Bertz CT molecular complexity index is 1170. The van der Waals surface area contributed by atoms with Crippen LogP contribution >= 0.6 is 0 Å². The van der Waals surface area contributed by atoms with Gasteiger partial charge in [0.1, 0.15) is 0 Å². The Morgan fingerprint density at radius 3 is 1.74 bits per heavy atom. The first-order chi connectivity index (χ1) is 15.1. The van der Waals surface area contributed by atoms with Crippen LogP contribution in [0.15, 0.2) is 116 Å². The Hall–Kier alpha value is -3.91. The maximum Gasteiger partial charge on any atom is 0.210 e. The maximum absolute atomic E-state index is 4.26. The topological polar surface area (TPSA) is 7.12 Å². The fourth-order valence-corrected chi connectivity index (χ4v) is 3.55. The van der Waals surface area contributed by atoms with Gasteiger partial charge < -0.3 is 4.90 Å². The summed E-state index contributed by atoms with van der Waals surface area (Å²) < 4.78 is 2.06. The molecule has 0 N–H and O–H groups in total. The molecule has 0 saturated heterocycles. The number of hydrogen-bond donors (Lipinski definition) is 0. The second-order valence-corrected chi connectivity index (χ2v) is 7.72. The second-order valence-electron chi connectivity index (χ2n) is 7.72. The molecule has 0 saturated carbocycles. The summed E-state index contributed by atoms with van der Waals surface area (Å²) in [7, 11) is 4.12. The standard InChI is InChI=1S/C29H27N2/c1-23(25-10-6-4-7-11-25)31-20-18-27(19-21-31)29(26-12-8-5-9-13-26)22-24-14-16-28(17-15-24)30(2)3/h4-22H,1H2,2-3H3/q+1. The van der Waals surface area contributed by atoms with Gasteiger partial charge in [-0.1, -0.05) is 60.7 Å². The molecular formula is C29H27N2+. The number of aromatic nitrogens is 1. The third-order valence-electron chi connectivity index (χ3n) is 5.36. The zero-order valence-electron chi connectivity index (χ0n) is 18.1. The minimum Gasteiger partial charge on any atom is -0.378 e. The van der Waals surface area contributed by atoms with Crippen LogP contribution in [0.3, 0.4) is 0 Å². The van der Waals surface area contributed by atoms with Crippen molar-refractivity contribution in [2.45, 2.75) is 0 Å². The first-order valence-corrected chi connectivity index (χ1v) is 10.4. The molecule has 0 aliphatic carbocycles. The molecular weight excluding hydrogens is 376 g/mol. The molecule has 0 spiro atoms. The predicted molar refractivity (Wildman–Crippen MR) is 132 cm³/mol. The number of benzene rings is 3. The average Bonchev–Trinajstić information content (AvgIpc) is 2.83. The molecule has 0 fully saturated rings. The van der Waals surface area contributed by atoms with E-state index in [2.05, 4.69) is 127 Å². The van der Waals surface area contributed by atoms with Crippen molar-refractivity contribution >= 4 is 23.0 Å². The lowest BCUT2D eigenvalue weighted by Crippen LogP contribution is -2.31. The molecule has 2 heteroatoms. The highest BCUT2D eigenvalue weighted by atomic mass is 15.1. The molecule has 0 aliphatic rings. The van der Waals surface area contributed by atoms with Gasteiger partial charge in [-0.15, -0.1) is 0 Å². The quantitative estimate of drug-likeness (QED) is 0.277. The van der Waals surface area contributed by atoms with Crippen LogP contribution in [-0.4, -0.2) is 14.1 Å². The first-order valence-electron chi connectivity index (χ1n) is 10.4. The van der Waals surface area contributed by atoms with Crippen molar-refractivity contribution in [1.29, 1.82) is 0 Å². The average molecular weight is 404 g/mol. The van der Waals surface area contributed by atoms with Crippen LogP contribution in [0, 0.1) is 0 Å². The van der Waals surface area contributed by atoms with Crippen LogP contribution in [0.25, 0.3) is 17.3 Å². The highest BCUT2D eigenvalue weighted by Gasteiger charge is 2.12. The van der Waals surface area contributed by atoms with Gasteiger partial charge in [0.25, 0.3) is 0 Å². The SMILES string of the molecule is C=C(c1ccccc1)[n+]1ccc(/C(=C/c2ccc(N(C)C)cc2)c2ccccc2)cc1. The van der Waals surface area contributed by atoms with Crippen molar-refractivity contribution in [2.75, 3.05) is 19.0 Å². The molecule has 0 amide bonds. The van der Waals surface area contributed by atoms with Crippen LogP contribution in [-0.2, 0) is 0 Å². The number of nitrogens with zero attached hydrogens (tertiary/aromatic N) is 2. The lowest BCUT2D eigenvalue weighted by atomic mass is 9.96. The lowest BCUT2D eigenvalue weighted by molar-refractivity contribution is -0.578. The summed E-state index contributed by atoms with van der Waals surface area (Å²) in [6.45, 7) is 4.26. The van der Waals surface area contributed by atoms with Crippen LogP contribution in [0.5, 0.6) is 0 Å². The molecule has 0 bridgehead atoms. The molecule has 2 nitrogen and oxygen atoms in total. The summed E-state index contributed by atoms with van der Waals surface area (Å²) in [5.74, 6) is 0. The molecule has 4 aromatic rings. The van der Waals surface area contributed by atoms with Gasteiger partial charge in [0.05, 0.1) is 0 Å². The number of rotatable bonds is 6. The van der Waals surface area contributed by atoms with Gasteiger partial charge in [-0.05, 0) is 59.2 Å². The van der Waals surface area contributed by atoms with Gasteiger partial charge in [0, 0.05) is 37.5 Å². The van der Waals surface area contributed by atoms with Gasteiger partial charge in [0.2, 0.25) is 5.70 Å². The van der Waals surface area contributed by atoms with Crippen LogP contribution in [0.1, 0.15) is 22.3 Å². The van der Waals surface area contributed by atoms with E-state index in [0.29, 0.717) is 0 Å². The minimum atomic E-state index is 0.955. The van der Waals surface area contributed by atoms with Crippen molar-refractivity contribution in [3.8, 4) is 0 Å². The Balaban J connectivity index is 1.70. The third kappa shape index (κ3) is 4.81. The molecule has 3 aromatic carbocycles. The van der Waals surface area contributed by atoms with Gasteiger partial charge in [-0.2, -0.15) is 4.57 Å².